The summed E-state index contributed by atoms with van der Waals surface area (Å²) in [6.45, 7) is 13.5. The van der Waals surface area contributed by atoms with Gasteiger partial charge in [0.25, 0.3) is 0 Å². The number of amides is 1. The predicted molar refractivity (Wildman–Crippen MR) is 161 cm³/mol. The van der Waals surface area contributed by atoms with Crippen LogP contribution in [0, 0.1) is 0 Å². The van der Waals surface area contributed by atoms with Gasteiger partial charge in [0, 0.05) is 31.1 Å². The molecule has 0 aliphatic heterocycles. The number of carbonyl (C=O) groups excluding carboxylic acids is 1. The molecule has 4 rings (SSSR count). The maximum atomic E-state index is 11.0. The second kappa shape index (κ2) is 23.9. The molecule has 0 radical (unpaired) electrons. The largest absolute Gasteiger partial charge is 0.326 e. The van der Waals surface area contributed by atoms with Crippen molar-refractivity contribution in [1.29, 1.82) is 0 Å². The lowest BCUT2D eigenvalue weighted by Crippen LogP contribution is -2.07. The number of anilines is 3. The maximum absolute atomic E-state index is 11.0. The second-order valence-corrected chi connectivity index (χ2v) is 8.82. The number of aryl methyl sites for hydroxylation is 2. The SMILES string of the molecule is C1CCCCC1.C1CCCCC1.CC.CC.CCc1nc(CC)nc(Nc2ccc(NC(C)=O)cc2)n1. The highest BCUT2D eigenvalue weighted by Gasteiger charge is 2.05. The molecule has 2 aromatic rings. The molecular formula is C31H55N5O. The first-order valence-electron chi connectivity index (χ1n) is 15.0. The van der Waals surface area contributed by atoms with Crippen LogP contribution in [0.5, 0.6) is 0 Å². The summed E-state index contributed by atoms with van der Waals surface area (Å²) in [5, 5.41) is 5.88. The molecule has 37 heavy (non-hydrogen) atoms. The van der Waals surface area contributed by atoms with Crippen LogP contribution in [0.25, 0.3) is 0 Å². The van der Waals surface area contributed by atoms with Crippen molar-refractivity contribution in [2.75, 3.05) is 10.6 Å². The number of carbonyl (C=O) groups is 1. The Labute approximate surface area is 227 Å². The van der Waals surface area contributed by atoms with Gasteiger partial charge >= 0.3 is 0 Å². The Morgan fingerprint density at radius 2 is 0.946 bits per heavy atom. The highest BCUT2D eigenvalue weighted by Crippen LogP contribution is 2.17. The molecule has 2 aliphatic carbocycles. The third-order valence-electron chi connectivity index (χ3n) is 5.82. The molecule has 0 spiro atoms. The molecule has 1 aromatic heterocycles. The van der Waals surface area contributed by atoms with E-state index in [1.165, 1.54) is 84.0 Å². The van der Waals surface area contributed by atoms with Gasteiger partial charge in [-0.15, -0.1) is 0 Å². The van der Waals surface area contributed by atoms with Crippen molar-refractivity contribution < 1.29 is 4.79 Å². The smallest absolute Gasteiger partial charge is 0.230 e. The number of hydrogen-bond donors (Lipinski definition) is 2. The van der Waals surface area contributed by atoms with Gasteiger partial charge in [-0.2, -0.15) is 9.97 Å². The van der Waals surface area contributed by atoms with Crippen LogP contribution >= 0.6 is 0 Å². The van der Waals surface area contributed by atoms with E-state index in [-0.39, 0.29) is 5.91 Å². The quantitative estimate of drug-likeness (QED) is 0.416. The van der Waals surface area contributed by atoms with Gasteiger partial charge in [0.1, 0.15) is 11.6 Å². The first kappa shape index (κ1) is 34.5. The Kier molecular flexibility index (Phi) is 22.3. The summed E-state index contributed by atoms with van der Waals surface area (Å²) >= 11 is 0. The van der Waals surface area contributed by atoms with E-state index in [4.69, 9.17) is 0 Å². The third-order valence-corrected chi connectivity index (χ3v) is 5.82. The lowest BCUT2D eigenvalue weighted by atomic mass is 10.0. The van der Waals surface area contributed by atoms with Gasteiger partial charge in [0.15, 0.2) is 0 Å². The van der Waals surface area contributed by atoms with Gasteiger partial charge in [-0.1, -0.05) is 119 Å². The van der Waals surface area contributed by atoms with E-state index in [0.29, 0.717) is 5.95 Å². The Hall–Kier alpha value is -2.50. The Morgan fingerprint density at radius 1 is 0.622 bits per heavy atom. The van der Waals surface area contributed by atoms with Crippen molar-refractivity contribution in [3.8, 4) is 0 Å². The van der Waals surface area contributed by atoms with Crippen LogP contribution in [0.1, 0.15) is 137 Å². The molecule has 210 valence electrons. The van der Waals surface area contributed by atoms with Gasteiger partial charge in [0.2, 0.25) is 11.9 Å². The average molecular weight is 514 g/mol. The molecule has 2 fully saturated rings. The van der Waals surface area contributed by atoms with Crippen molar-refractivity contribution in [3.05, 3.63) is 35.9 Å². The fourth-order valence-corrected chi connectivity index (χ4v) is 3.93. The standard InChI is InChI=1S/C15H19N5O.2C6H12.2C2H6/c1-4-13-18-14(5-2)20-15(19-13)17-12-8-6-11(7-9-12)16-10(3)21;2*1-2-4-6-5-3-1;2*1-2/h6-9H,4-5H2,1-3H3,(H,16,21)(H,17,18,19,20);2*1-6H2;2*1-2H3. The number of nitrogens with zero attached hydrogens (tertiary/aromatic N) is 3. The lowest BCUT2D eigenvalue weighted by molar-refractivity contribution is -0.114. The van der Waals surface area contributed by atoms with Crippen LogP contribution in [-0.2, 0) is 17.6 Å². The molecule has 6 heteroatoms. The van der Waals surface area contributed by atoms with Gasteiger partial charge in [0.05, 0.1) is 0 Å². The van der Waals surface area contributed by atoms with Crippen molar-refractivity contribution >= 4 is 23.2 Å². The van der Waals surface area contributed by atoms with Crippen LogP contribution < -0.4 is 10.6 Å². The Morgan fingerprint density at radius 3 is 1.24 bits per heavy atom. The maximum Gasteiger partial charge on any atom is 0.230 e. The molecule has 1 heterocycles. The zero-order valence-corrected chi connectivity index (χ0v) is 25.0. The molecule has 0 atom stereocenters. The molecule has 0 bridgehead atoms. The number of hydrogen-bond acceptors (Lipinski definition) is 5. The van der Waals surface area contributed by atoms with E-state index in [2.05, 4.69) is 25.6 Å². The van der Waals surface area contributed by atoms with Crippen LogP contribution in [0.4, 0.5) is 17.3 Å². The zero-order valence-electron chi connectivity index (χ0n) is 25.0. The summed E-state index contributed by atoms with van der Waals surface area (Å²) in [6.07, 6.45) is 19.5. The summed E-state index contributed by atoms with van der Waals surface area (Å²) in [5.41, 5.74) is 1.62. The first-order valence-corrected chi connectivity index (χ1v) is 15.0. The van der Waals surface area contributed by atoms with E-state index < -0.39 is 0 Å². The van der Waals surface area contributed by atoms with Crippen LogP contribution in [0.3, 0.4) is 0 Å². The van der Waals surface area contributed by atoms with E-state index in [0.717, 1.165) is 35.9 Å². The fourth-order valence-electron chi connectivity index (χ4n) is 3.93. The predicted octanol–water partition coefficient (Wildman–Crippen LogP) is 9.43. The molecule has 1 aromatic carbocycles. The summed E-state index contributed by atoms with van der Waals surface area (Å²) in [6, 6.07) is 7.39. The Bertz CT molecular complexity index is 742. The number of rotatable bonds is 5. The topological polar surface area (TPSA) is 79.8 Å². The molecule has 1 amide bonds. The third kappa shape index (κ3) is 17.6. The van der Waals surface area contributed by atoms with E-state index in [1.807, 2.05) is 65.8 Å². The highest BCUT2D eigenvalue weighted by molar-refractivity contribution is 5.88. The lowest BCUT2D eigenvalue weighted by Gasteiger charge is -2.08. The normalized spacial score (nSPS) is 13.9. The van der Waals surface area contributed by atoms with Crippen molar-refractivity contribution in [2.45, 2.75) is 138 Å². The zero-order chi connectivity index (χ0) is 27.7. The molecule has 0 saturated heterocycles. The molecule has 2 aliphatic rings. The average Bonchev–Trinajstić information content (AvgIpc) is 2.98. The minimum absolute atomic E-state index is 0.0895. The first-order chi connectivity index (χ1) is 18.1. The molecule has 2 saturated carbocycles. The number of aromatic nitrogens is 3. The number of benzene rings is 1. The van der Waals surface area contributed by atoms with E-state index in [9.17, 15) is 4.79 Å². The van der Waals surface area contributed by atoms with Crippen molar-refractivity contribution in [2.24, 2.45) is 0 Å². The van der Waals surface area contributed by atoms with Crippen LogP contribution in [0.15, 0.2) is 24.3 Å². The Balaban J connectivity index is 0.000000655. The van der Waals surface area contributed by atoms with Gasteiger partial charge in [-0.25, -0.2) is 4.98 Å². The monoisotopic (exact) mass is 513 g/mol. The second-order valence-electron chi connectivity index (χ2n) is 8.82. The van der Waals surface area contributed by atoms with E-state index >= 15 is 0 Å². The van der Waals surface area contributed by atoms with E-state index in [1.54, 1.807) is 0 Å². The summed E-state index contributed by atoms with van der Waals surface area (Å²) in [5.74, 6) is 2.01. The van der Waals surface area contributed by atoms with Crippen molar-refractivity contribution in [3.63, 3.8) is 0 Å². The van der Waals surface area contributed by atoms with Crippen molar-refractivity contribution in [1.82, 2.24) is 15.0 Å². The van der Waals surface area contributed by atoms with Crippen LogP contribution in [0.2, 0.25) is 0 Å². The summed E-state index contributed by atoms with van der Waals surface area (Å²) in [7, 11) is 0. The summed E-state index contributed by atoms with van der Waals surface area (Å²) in [4.78, 5) is 24.1. The van der Waals surface area contributed by atoms with Crippen LogP contribution in [-0.4, -0.2) is 20.9 Å². The highest BCUT2D eigenvalue weighted by atomic mass is 16.1. The fraction of sp³-hybridized carbons (Fsp3) is 0.677. The molecule has 0 unspecified atom stereocenters. The van der Waals surface area contributed by atoms with Gasteiger partial charge in [-0.05, 0) is 24.3 Å². The van der Waals surface area contributed by atoms with Gasteiger partial charge in [-0.3, -0.25) is 4.79 Å². The minimum atomic E-state index is -0.0895. The molecular weight excluding hydrogens is 458 g/mol. The molecule has 6 nitrogen and oxygen atoms in total. The minimum Gasteiger partial charge on any atom is -0.326 e. The summed E-state index contributed by atoms with van der Waals surface area (Å²) < 4.78 is 0. The van der Waals surface area contributed by atoms with Gasteiger partial charge < -0.3 is 10.6 Å². The number of nitrogens with one attached hydrogen (secondary N) is 2. The molecule has 2 N–H and O–H groups in total.